The van der Waals surface area contributed by atoms with Crippen molar-refractivity contribution >= 4 is 11.7 Å². The number of amides is 1. The number of pyridine rings is 1. The molecule has 1 N–H and O–H groups in total. The van der Waals surface area contributed by atoms with Gasteiger partial charge in [0.1, 0.15) is 5.82 Å². The van der Waals surface area contributed by atoms with E-state index < -0.39 is 0 Å². The first kappa shape index (κ1) is 8.76. The first-order valence-electron chi connectivity index (χ1n) is 4.53. The summed E-state index contributed by atoms with van der Waals surface area (Å²) in [4.78, 5) is 15.4. The monoisotopic (exact) mass is 186 g/mol. The maximum Gasteiger partial charge on any atom is 0.228 e. The standard InChI is InChI=1S/C11H10N2O/c1-2-8-3-6-10(12-7-8)13-11(14)9-4-5-9/h1,3,6-7,9H,4-5H2,(H,12,13,14). The molecule has 1 heterocycles. The van der Waals surface area contributed by atoms with Gasteiger partial charge in [0.2, 0.25) is 5.91 Å². The number of nitrogens with zero attached hydrogens (tertiary/aromatic N) is 1. The second-order valence-electron chi connectivity index (χ2n) is 3.34. The highest BCUT2D eigenvalue weighted by molar-refractivity contribution is 5.93. The molecule has 0 atom stereocenters. The maximum absolute atomic E-state index is 11.3. The minimum atomic E-state index is 0.0611. The number of anilines is 1. The zero-order valence-corrected chi connectivity index (χ0v) is 7.66. The van der Waals surface area contributed by atoms with E-state index >= 15 is 0 Å². The highest BCUT2D eigenvalue weighted by Crippen LogP contribution is 2.29. The van der Waals surface area contributed by atoms with E-state index in [4.69, 9.17) is 6.42 Å². The van der Waals surface area contributed by atoms with Gasteiger partial charge in [0.05, 0.1) is 0 Å². The number of carbonyl (C=O) groups is 1. The first-order valence-corrected chi connectivity index (χ1v) is 4.53. The number of hydrogen-bond acceptors (Lipinski definition) is 2. The summed E-state index contributed by atoms with van der Waals surface area (Å²) in [5.41, 5.74) is 0.717. The molecule has 1 saturated carbocycles. The van der Waals surface area contributed by atoms with Gasteiger partial charge in [-0.15, -0.1) is 6.42 Å². The molecule has 0 aliphatic heterocycles. The lowest BCUT2D eigenvalue weighted by Crippen LogP contribution is -2.14. The van der Waals surface area contributed by atoms with E-state index in [0.717, 1.165) is 18.4 Å². The summed E-state index contributed by atoms with van der Waals surface area (Å²) in [6.07, 6.45) is 8.74. The molecule has 1 aromatic heterocycles. The number of carbonyl (C=O) groups excluding carboxylic acids is 1. The van der Waals surface area contributed by atoms with Crippen LogP contribution in [0.15, 0.2) is 18.3 Å². The Balaban J connectivity index is 2.02. The third-order valence-corrected chi connectivity index (χ3v) is 2.13. The van der Waals surface area contributed by atoms with Crippen LogP contribution in [0.2, 0.25) is 0 Å². The SMILES string of the molecule is C#Cc1ccc(NC(=O)C2CC2)nc1. The molecule has 1 aliphatic carbocycles. The molecule has 0 radical (unpaired) electrons. The van der Waals surface area contributed by atoms with Gasteiger partial charge >= 0.3 is 0 Å². The van der Waals surface area contributed by atoms with Crippen molar-refractivity contribution in [2.45, 2.75) is 12.8 Å². The van der Waals surface area contributed by atoms with Gasteiger partial charge in [-0.3, -0.25) is 4.79 Å². The Bertz CT molecular complexity index is 385. The van der Waals surface area contributed by atoms with Gasteiger partial charge in [0.25, 0.3) is 0 Å². The minimum Gasteiger partial charge on any atom is -0.310 e. The molecule has 14 heavy (non-hydrogen) atoms. The summed E-state index contributed by atoms with van der Waals surface area (Å²) in [7, 11) is 0. The van der Waals surface area contributed by atoms with Crippen LogP contribution >= 0.6 is 0 Å². The fourth-order valence-electron chi connectivity index (χ4n) is 1.13. The van der Waals surface area contributed by atoms with E-state index in [2.05, 4.69) is 16.2 Å². The third kappa shape index (κ3) is 1.91. The van der Waals surface area contributed by atoms with Crippen molar-refractivity contribution in [2.75, 3.05) is 5.32 Å². The minimum absolute atomic E-state index is 0.0611. The van der Waals surface area contributed by atoms with Gasteiger partial charge in [0, 0.05) is 17.7 Å². The summed E-state index contributed by atoms with van der Waals surface area (Å²) < 4.78 is 0. The Labute approximate surface area is 82.5 Å². The fourth-order valence-corrected chi connectivity index (χ4v) is 1.13. The molecule has 70 valence electrons. The molecule has 1 amide bonds. The van der Waals surface area contributed by atoms with E-state index in [1.54, 1.807) is 18.3 Å². The Morgan fingerprint density at radius 1 is 1.57 bits per heavy atom. The zero-order chi connectivity index (χ0) is 9.97. The van der Waals surface area contributed by atoms with Gasteiger partial charge < -0.3 is 5.32 Å². The fraction of sp³-hybridized carbons (Fsp3) is 0.273. The van der Waals surface area contributed by atoms with Gasteiger partial charge in [-0.2, -0.15) is 0 Å². The van der Waals surface area contributed by atoms with Crippen LogP contribution in [0.4, 0.5) is 5.82 Å². The Morgan fingerprint density at radius 2 is 2.36 bits per heavy atom. The number of nitrogens with one attached hydrogen (secondary N) is 1. The smallest absolute Gasteiger partial charge is 0.228 e. The van der Waals surface area contributed by atoms with Crippen LogP contribution < -0.4 is 5.32 Å². The molecule has 0 spiro atoms. The van der Waals surface area contributed by atoms with Crippen LogP contribution in [0, 0.1) is 18.3 Å². The number of aromatic nitrogens is 1. The molecular formula is C11H10N2O. The van der Waals surface area contributed by atoms with Gasteiger partial charge in [-0.25, -0.2) is 4.98 Å². The molecule has 2 rings (SSSR count). The van der Waals surface area contributed by atoms with Crippen molar-refractivity contribution in [1.82, 2.24) is 4.98 Å². The molecule has 0 aromatic carbocycles. The van der Waals surface area contributed by atoms with Crippen molar-refractivity contribution in [2.24, 2.45) is 5.92 Å². The van der Waals surface area contributed by atoms with Crippen molar-refractivity contribution in [3.8, 4) is 12.3 Å². The number of terminal acetylenes is 1. The molecular weight excluding hydrogens is 176 g/mol. The summed E-state index contributed by atoms with van der Waals surface area (Å²) in [6, 6.07) is 3.48. The molecule has 3 heteroatoms. The van der Waals surface area contributed by atoms with Crippen molar-refractivity contribution in [3.05, 3.63) is 23.9 Å². The van der Waals surface area contributed by atoms with Crippen LogP contribution in [-0.4, -0.2) is 10.9 Å². The first-order chi connectivity index (χ1) is 6.79. The predicted molar refractivity (Wildman–Crippen MR) is 53.5 cm³/mol. The Kier molecular flexibility index (Phi) is 2.19. The highest BCUT2D eigenvalue weighted by atomic mass is 16.2. The van der Waals surface area contributed by atoms with Crippen LogP contribution in [-0.2, 0) is 4.79 Å². The molecule has 3 nitrogen and oxygen atoms in total. The quantitative estimate of drug-likeness (QED) is 0.709. The van der Waals surface area contributed by atoms with Crippen LogP contribution in [0.25, 0.3) is 0 Å². The normalized spacial score (nSPS) is 14.5. The van der Waals surface area contributed by atoms with E-state index in [9.17, 15) is 4.79 Å². The summed E-state index contributed by atoms with van der Waals surface area (Å²) >= 11 is 0. The Hall–Kier alpha value is -1.82. The third-order valence-electron chi connectivity index (χ3n) is 2.13. The van der Waals surface area contributed by atoms with Gasteiger partial charge in [0.15, 0.2) is 0 Å². The van der Waals surface area contributed by atoms with Crippen LogP contribution in [0.3, 0.4) is 0 Å². The average Bonchev–Trinajstić information content (AvgIpc) is 3.02. The van der Waals surface area contributed by atoms with Gasteiger partial charge in [-0.1, -0.05) is 5.92 Å². The summed E-state index contributed by atoms with van der Waals surface area (Å²) in [6.45, 7) is 0. The zero-order valence-electron chi connectivity index (χ0n) is 7.66. The average molecular weight is 186 g/mol. The topological polar surface area (TPSA) is 42.0 Å². The second-order valence-corrected chi connectivity index (χ2v) is 3.34. The maximum atomic E-state index is 11.3. The van der Waals surface area contributed by atoms with Crippen molar-refractivity contribution < 1.29 is 4.79 Å². The summed E-state index contributed by atoms with van der Waals surface area (Å²) in [5, 5.41) is 2.74. The summed E-state index contributed by atoms with van der Waals surface area (Å²) in [5.74, 6) is 3.30. The Morgan fingerprint density at radius 3 is 2.86 bits per heavy atom. The van der Waals surface area contributed by atoms with Crippen molar-refractivity contribution in [1.29, 1.82) is 0 Å². The molecule has 1 aliphatic rings. The largest absolute Gasteiger partial charge is 0.310 e. The second kappa shape index (κ2) is 3.51. The number of rotatable bonds is 2. The lowest BCUT2D eigenvalue weighted by molar-refractivity contribution is -0.117. The predicted octanol–water partition coefficient (Wildman–Crippen LogP) is 1.41. The van der Waals surface area contributed by atoms with Crippen LogP contribution in [0.1, 0.15) is 18.4 Å². The van der Waals surface area contributed by atoms with E-state index in [1.165, 1.54) is 0 Å². The molecule has 0 bridgehead atoms. The molecule has 0 saturated heterocycles. The number of hydrogen-bond donors (Lipinski definition) is 1. The van der Waals surface area contributed by atoms with E-state index in [1.807, 2.05) is 0 Å². The molecule has 1 fully saturated rings. The van der Waals surface area contributed by atoms with Gasteiger partial charge in [-0.05, 0) is 25.0 Å². The van der Waals surface area contributed by atoms with E-state index in [0.29, 0.717) is 5.82 Å². The van der Waals surface area contributed by atoms with E-state index in [-0.39, 0.29) is 11.8 Å². The van der Waals surface area contributed by atoms with Crippen molar-refractivity contribution in [3.63, 3.8) is 0 Å². The van der Waals surface area contributed by atoms with Crippen LogP contribution in [0.5, 0.6) is 0 Å². The highest BCUT2D eigenvalue weighted by Gasteiger charge is 2.29. The lowest BCUT2D eigenvalue weighted by Gasteiger charge is -2.02. The molecule has 0 unspecified atom stereocenters. The lowest BCUT2D eigenvalue weighted by atomic mass is 10.3. The molecule has 1 aromatic rings.